The summed E-state index contributed by atoms with van der Waals surface area (Å²) in [7, 11) is 0.262. The van der Waals surface area contributed by atoms with Gasteiger partial charge in [0.05, 0.1) is 0 Å². The molecule has 0 aliphatic carbocycles. The zero-order valence-corrected chi connectivity index (χ0v) is 7.53. The van der Waals surface area contributed by atoms with Crippen LogP contribution in [0.4, 0.5) is 8.78 Å². The predicted octanol–water partition coefficient (Wildman–Crippen LogP) is 1.60. The first-order valence-corrected chi connectivity index (χ1v) is 5.26. The molecule has 0 aliphatic rings. The summed E-state index contributed by atoms with van der Waals surface area (Å²) in [6.07, 6.45) is 0. The summed E-state index contributed by atoms with van der Waals surface area (Å²) in [5.41, 5.74) is 0. The Bertz CT molecular complexity index is 420. The molecule has 0 atom stereocenters. The van der Waals surface area contributed by atoms with Gasteiger partial charge < -0.3 is 5.11 Å². The Morgan fingerprint density at radius 2 is 1.62 bits per heavy atom. The lowest BCUT2D eigenvalue weighted by Gasteiger charge is -2.00. The van der Waals surface area contributed by atoms with E-state index in [1.807, 2.05) is 0 Å². The van der Waals surface area contributed by atoms with Crippen molar-refractivity contribution < 1.29 is 22.3 Å². The Balaban J connectivity index is 3.57. The van der Waals surface area contributed by atoms with Crippen LogP contribution < -0.4 is 0 Å². The highest BCUT2D eigenvalue weighted by Gasteiger charge is 2.22. The number of hydrogen-bond acceptors (Lipinski definition) is 3. The van der Waals surface area contributed by atoms with Crippen molar-refractivity contribution in [3.63, 3.8) is 0 Å². The van der Waals surface area contributed by atoms with Gasteiger partial charge in [-0.25, -0.2) is 17.2 Å². The fourth-order valence-electron chi connectivity index (χ4n) is 0.779. The molecular weight excluding hydrogens is 226 g/mol. The lowest BCUT2D eigenvalue weighted by molar-refractivity contribution is 0.450. The van der Waals surface area contributed by atoms with Gasteiger partial charge in [-0.15, -0.1) is 0 Å². The molecule has 0 amide bonds. The number of halogens is 3. The summed E-state index contributed by atoms with van der Waals surface area (Å²) in [4.78, 5) is -1.26. The van der Waals surface area contributed by atoms with Gasteiger partial charge in [0.15, 0.2) is 4.90 Å². The number of phenols is 1. The maximum Gasteiger partial charge on any atom is 0.267 e. The van der Waals surface area contributed by atoms with Crippen molar-refractivity contribution >= 4 is 19.7 Å². The summed E-state index contributed by atoms with van der Waals surface area (Å²) in [5.74, 6) is -3.56. The monoisotopic (exact) mass is 228 g/mol. The zero-order chi connectivity index (χ0) is 10.2. The van der Waals surface area contributed by atoms with E-state index in [0.29, 0.717) is 12.1 Å². The smallest absolute Gasteiger partial charge is 0.267 e. The quantitative estimate of drug-likeness (QED) is 0.743. The normalized spacial score (nSPS) is 11.6. The standard InChI is InChI=1S/C6H3ClF2O3S/c7-13(11,12)6-4(8)1-3(10)2-5(6)9/h1-2,10H. The van der Waals surface area contributed by atoms with E-state index in [9.17, 15) is 17.2 Å². The van der Waals surface area contributed by atoms with E-state index < -0.39 is 31.3 Å². The van der Waals surface area contributed by atoms with E-state index in [1.54, 1.807) is 0 Å². The maximum absolute atomic E-state index is 12.7. The lowest BCUT2D eigenvalue weighted by atomic mass is 10.3. The second kappa shape index (κ2) is 3.12. The number of hydrogen-bond donors (Lipinski definition) is 1. The van der Waals surface area contributed by atoms with E-state index >= 15 is 0 Å². The first kappa shape index (κ1) is 10.2. The molecule has 0 unspecified atom stereocenters. The molecule has 0 aromatic heterocycles. The molecule has 1 aromatic carbocycles. The molecule has 0 spiro atoms. The van der Waals surface area contributed by atoms with Crippen molar-refractivity contribution in [2.24, 2.45) is 0 Å². The molecule has 0 bridgehead atoms. The highest BCUT2D eigenvalue weighted by molar-refractivity contribution is 8.13. The zero-order valence-electron chi connectivity index (χ0n) is 5.96. The van der Waals surface area contributed by atoms with Gasteiger partial charge in [-0.05, 0) is 0 Å². The van der Waals surface area contributed by atoms with Gasteiger partial charge in [0.1, 0.15) is 17.4 Å². The van der Waals surface area contributed by atoms with Gasteiger partial charge >= 0.3 is 0 Å². The lowest BCUT2D eigenvalue weighted by Crippen LogP contribution is -1.99. The van der Waals surface area contributed by atoms with Crippen LogP contribution in [-0.4, -0.2) is 13.5 Å². The third-order valence-electron chi connectivity index (χ3n) is 1.23. The van der Waals surface area contributed by atoms with Crippen molar-refractivity contribution in [3.8, 4) is 5.75 Å². The van der Waals surface area contributed by atoms with Crippen molar-refractivity contribution in [1.29, 1.82) is 0 Å². The van der Waals surface area contributed by atoms with Crippen molar-refractivity contribution in [2.45, 2.75) is 4.90 Å². The Morgan fingerprint density at radius 1 is 1.23 bits per heavy atom. The van der Waals surface area contributed by atoms with Crippen LogP contribution in [0.5, 0.6) is 5.75 Å². The molecule has 1 aromatic rings. The molecular formula is C6H3ClF2O3S. The van der Waals surface area contributed by atoms with Crippen molar-refractivity contribution in [2.75, 3.05) is 0 Å². The van der Waals surface area contributed by atoms with Crippen LogP contribution in [0.1, 0.15) is 0 Å². The van der Waals surface area contributed by atoms with Gasteiger partial charge in [-0.2, -0.15) is 0 Å². The van der Waals surface area contributed by atoms with E-state index in [1.165, 1.54) is 0 Å². The third-order valence-corrected chi connectivity index (χ3v) is 2.57. The Morgan fingerprint density at radius 3 is 1.92 bits per heavy atom. The third kappa shape index (κ3) is 2.07. The highest BCUT2D eigenvalue weighted by Crippen LogP contribution is 2.25. The summed E-state index contributed by atoms with van der Waals surface area (Å²) in [5, 5.41) is 8.67. The van der Waals surface area contributed by atoms with E-state index in [2.05, 4.69) is 0 Å². The van der Waals surface area contributed by atoms with Gasteiger partial charge in [0.2, 0.25) is 0 Å². The first-order chi connectivity index (χ1) is 5.82. The average molecular weight is 229 g/mol. The van der Waals surface area contributed by atoms with Gasteiger partial charge in [0.25, 0.3) is 9.05 Å². The number of phenolic OH excluding ortho intramolecular Hbond substituents is 1. The maximum atomic E-state index is 12.7. The molecule has 13 heavy (non-hydrogen) atoms. The second-order valence-electron chi connectivity index (χ2n) is 2.18. The van der Waals surface area contributed by atoms with Crippen molar-refractivity contribution in [1.82, 2.24) is 0 Å². The number of rotatable bonds is 1. The average Bonchev–Trinajstić information content (AvgIpc) is 1.78. The Hall–Kier alpha value is -0.880. The molecule has 3 nitrogen and oxygen atoms in total. The summed E-state index contributed by atoms with van der Waals surface area (Å²) in [6.45, 7) is 0. The predicted molar refractivity (Wildman–Crippen MR) is 41.1 cm³/mol. The summed E-state index contributed by atoms with van der Waals surface area (Å²) < 4.78 is 46.7. The summed E-state index contributed by atoms with van der Waals surface area (Å²) >= 11 is 0. The van der Waals surface area contributed by atoms with Gasteiger partial charge in [-0.3, -0.25) is 0 Å². The molecule has 72 valence electrons. The fourth-order valence-corrected chi connectivity index (χ4v) is 1.81. The van der Waals surface area contributed by atoms with E-state index in [0.717, 1.165) is 0 Å². The number of benzene rings is 1. The first-order valence-electron chi connectivity index (χ1n) is 2.95. The van der Waals surface area contributed by atoms with Crippen LogP contribution in [-0.2, 0) is 9.05 Å². The summed E-state index contributed by atoms with van der Waals surface area (Å²) in [6, 6.07) is 0.913. The molecule has 1 N–H and O–H groups in total. The van der Waals surface area contributed by atoms with Crippen LogP contribution in [0.2, 0.25) is 0 Å². The minimum Gasteiger partial charge on any atom is -0.508 e. The Labute approximate surface area is 77.0 Å². The second-order valence-corrected chi connectivity index (χ2v) is 4.68. The van der Waals surface area contributed by atoms with Crippen LogP contribution >= 0.6 is 10.7 Å². The van der Waals surface area contributed by atoms with E-state index in [4.69, 9.17) is 15.8 Å². The highest BCUT2D eigenvalue weighted by atomic mass is 35.7. The molecule has 0 aliphatic heterocycles. The Kier molecular flexibility index (Phi) is 2.44. The molecule has 7 heteroatoms. The molecule has 0 saturated carbocycles. The minimum absolute atomic E-state index is 0.457. The van der Waals surface area contributed by atoms with Gasteiger partial charge in [-0.1, -0.05) is 0 Å². The molecule has 0 heterocycles. The molecule has 0 radical (unpaired) electrons. The fraction of sp³-hybridized carbons (Fsp3) is 0. The largest absolute Gasteiger partial charge is 0.508 e. The van der Waals surface area contributed by atoms with Crippen molar-refractivity contribution in [3.05, 3.63) is 23.8 Å². The minimum atomic E-state index is -4.47. The molecule has 0 fully saturated rings. The van der Waals surface area contributed by atoms with Crippen LogP contribution in [0.3, 0.4) is 0 Å². The van der Waals surface area contributed by atoms with Crippen LogP contribution in [0.15, 0.2) is 17.0 Å². The number of aromatic hydroxyl groups is 1. The molecule has 1 rings (SSSR count). The van der Waals surface area contributed by atoms with Gasteiger partial charge in [0, 0.05) is 22.8 Å². The van der Waals surface area contributed by atoms with Crippen LogP contribution in [0, 0.1) is 11.6 Å². The molecule has 0 saturated heterocycles. The van der Waals surface area contributed by atoms with Crippen LogP contribution in [0.25, 0.3) is 0 Å². The SMILES string of the molecule is O=S(=O)(Cl)c1c(F)cc(O)cc1F. The van der Waals surface area contributed by atoms with E-state index in [-0.39, 0.29) is 0 Å². The topological polar surface area (TPSA) is 54.4 Å².